The van der Waals surface area contributed by atoms with Crippen LogP contribution >= 0.6 is 0 Å². The second kappa shape index (κ2) is 8.99. The van der Waals surface area contributed by atoms with Crippen molar-refractivity contribution in [2.24, 2.45) is 5.73 Å². The molecule has 0 radical (unpaired) electrons. The lowest BCUT2D eigenvalue weighted by Crippen LogP contribution is -2.44. The monoisotopic (exact) mass is 308 g/mol. The van der Waals surface area contributed by atoms with Crippen LogP contribution in [-0.2, 0) is 4.79 Å². The molecule has 3 N–H and O–H groups in total. The highest BCUT2D eigenvalue weighted by Gasteiger charge is 2.18. The summed E-state index contributed by atoms with van der Waals surface area (Å²) in [6.07, 6.45) is 2.89. The highest BCUT2D eigenvalue weighted by Crippen LogP contribution is 2.26. The van der Waals surface area contributed by atoms with E-state index in [9.17, 15) is 14.9 Å². The molecule has 1 amide bonds. The van der Waals surface area contributed by atoms with E-state index in [1.807, 2.05) is 0 Å². The summed E-state index contributed by atoms with van der Waals surface area (Å²) in [5.74, 6) is -0.188. The maximum absolute atomic E-state index is 12.1. The fraction of sp³-hybridized carbons (Fsp3) is 0.533. The highest BCUT2D eigenvalue weighted by molar-refractivity contribution is 5.82. The fourth-order valence-electron chi connectivity index (χ4n) is 2.21. The maximum Gasteiger partial charge on any atom is 0.292 e. The van der Waals surface area contributed by atoms with E-state index in [1.54, 1.807) is 30.1 Å². The smallest absolute Gasteiger partial charge is 0.292 e. The Bertz CT molecular complexity index is 507. The number of anilines is 1. The molecule has 0 saturated heterocycles. The third kappa shape index (κ3) is 5.33. The molecule has 0 bridgehead atoms. The molecule has 0 aliphatic heterocycles. The van der Waals surface area contributed by atoms with E-state index in [0.717, 1.165) is 19.3 Å². The van der Waals surface area contributed by atoms with Gasteiger partial charge in [-0.25, -0.2) is 0 Å². The molecule has 0 spiro atoms. The third-order valence-electron chi connectivity index (χ3n) is 3.43. The summed E-state index contributed by atoms with van der Waals surface area (Å²) in [5.41, 5.74) is 6.05. The molecule has 1 aromatic rings. The number of nitrogens with two attached hydrogens (primary N) is 1. The third-order valence-corrected chi connectivity index (χ3v) is 3.43. The van der Waals surface area contributed by atoms with E-state index in [0.29, 0.717) is 12.2 Å². The Morgan fingerprint density at radius 1 is 1.45 bits per heavy atom. The summed E-state index contributed by atoms with van der Waals surface area (Å²) in [5, 5.41) is 13.9. The van der Waals surface area contributed by atoms with Crippen LogP contribution in [0.2, 0.25) is 0 Å². The summed E-state index contributed by atoms with van der Waals surface area (Å²) < 4.78 is 0. The number of amides is 1. The predicted octanol–water partition coefficient (Wildman–Crippen LogP) is 1.66. The first kappa shape index (κ1) is 17.9. The van der Waals surface area contributed by atoms with Gasteiger partial charge in [0.25, 0.3) is 5.69 Å². The Labute approximate surface area is 130 Å². The Balaban J connectivity index is 2.66. The van der Waals surface area contributed by atoms with Gasteiger partial charge < -0.3 is 16.0 Å². The molecular formula is C15H24N4O3. The molecule has 1 unspecified atom stereocenters. The molecule has 0 saturated carbocycles. The number of likely N-dealkylation sites (N-methyl/N-ethyl adjacent to an activating group) is 1. The quantitative estimate of drug-likeness (QED) is 0.533. The van der Waals surface area contributed by atoms with E-state index < -0.39 is 4.92 Å². The zero-order valence-electron chi connectivity index (χ0n) is 13.1. The van der Waals surface area contributed by atoms with Gasteiger partial charge in [-0.05, 0) is 12.5 Å². The summed E-state index contributed by atoms with van der Waals surface area (Å²) in [6, 6.07) is 6.31. The van der Waals surface area contributed by atoms with E-state index in [2.05, 4.69) is 12.2 Å². The van der Waals surface area contributed by atoms with Crippen molar-refractivity contribution in [1.82, 2.24) is 5.32 Å². The largest absolute Gasteiger partial charge is 0.360 e. The number of hydrogen-bond acceptors (Lipinski definition) is 5. The highest BCUT2D eigenvalue weighted by atomic mass is 16.6. The number of rotatable bonds is 9. The van der Waals surface area contributed by atoms with Gasteiger partial charge in [0, 0.05) is 25.7 Å². The average molecular weight is 308 g/mol. The van der Waals surface area contributed by atoms with Crippen LogP contribution in [0.15, 0.2) is 24.3 Å². The molecule has 122 valence electrons. The van der Waals surface area contributed by atoms with E-state index >= 15 is 0 Å². The minimum absolute atomic E-state index is 0.0147. The van der Waals surface area contributed by atoms with Crippen molar-refractivity contribution in [2.75, 3.05) is 25.0 Å². The topological polar surface area (TPSA) is 102 Å². The number of nitrogens with zero attached hydrogens (tertiary/aromatic N) is 2. The Kier molecular flexibility index (Phi) is 7.31. The van der Waals surface area contributed by atoms with Gasteiger partial charge in [-0.15, -0.1) is 0 Å². The lowest BCUT2D eigenvalue weighted by Gasteiger charge is -2.21. The number of nitro benzene ring substituents is 1. The van der Waals surface area contributed by atoms with Gasteiger partial charge in [-0.3, -0.25) is 14.9 Å². The average Bonchev–Trinajstić information content (AvgIpc) is 2.51. The minimum atomic E-state index is -0.451. The van der Waals surface area contributed by atoms with Crippen LogP contribution in [-0.4, -0.2) is 37.0 Å². The molecular weight excluding hydrogens is 284 g/mol. The van der Waals surface area contributed by atoms with Gasteiger partial charge in [-0.2, -0.15) is 0 Å². The molecule has 7 heteroatoms. The number of carbonyl (C=O) groups excluding carboxylic acids is 1. The van der Waals surface area contributed by atoms with Crippen LogP contribution < -0.4 is 16.0 Å². The van der Waals surface area contributed by atoms with Gasteiger partial charge in [0.05, 0.1) is 11.5 Å². The van der Waals surface area contributed by atoms with Crippen LogP contribution in [0.3, 0.4) is 0 Å². The van der Waals surface area contributed by atoms with Gasteiger partial charge in [-0.1, -0.05) is 31.9 Å². The standard InChI is InChI=1S/C15H24N4O3/c1-3-4-7-12(10-16)17-15(20)11-18(2)13-8-5-6-9-14(13)19(21)22/h5-6,8-9,12H,3-4,7,10-11,16H2,1-2H3,(H,17,20). The van der Waals surface area contributed by atoms with E-state index in [1.165, 1.54) is 6.07 Å². The Morgan fingerprint density at radius 2 is 2.14 bits per heavy atom. The van der Waals surface area contributed by atoms with Gasteiger partial charge >= 0.3 is 0 Å². The lowest BCUT2D eigenvalue weighted by atomic mass is 10.1. The van der Waals surface area contributed by atoms with Crippen molar-refractivity contribution >= 4 is 17.3 Å². The molecule has 0 aliphatic carbocycles. The van der Waals surface area contributed by atoms with E-state index in [4.69, 9.17) is 5.73 Å². The first-order valence-electron chi connectivity index (χ1n) is 7.43. The molecule has 0 aliphatic rings. The maximum atomic E-state index is 12.1. The molecule has 0 aromatic heterocycles. The van der Waals surface area contributed by atoms with Crippen LogP contribution in [0, 0.1) is 10.1 Å². The van der Waals surface area contributed by atoms with Crippen LogP contribution in [0.4, 0.5) is 11.4 Å². The molecule has 1 atom stereocenters. The first-order valence-corrected chi connectivity index (χ1v) is 7.43. The number of benzene rings is 1. The van der Waals surface area contributed by atoms with Crippen molar-refractivity contribution in [2.45, 2.75) is 32.2 Å². The molecule has 1 aromatic carbocycles. The molecule has 22 heavy (non-hydrogen) atoms. The molecule has 1 rings (SSSR count). The van der Waals surface area contributed by atoms with Crippen molar-refractivity contribution in [1.29, 1.82) is 0 Å². The number of unbranched alkanes of at least 4 members (excludes halogenated alkanes) is 1. The Hall–Kier alpha value is -2.15. The zero-order chi connectivity index (χ0) is 16.5. The van der Waals surface area contributed by atoms with Crippen molar-refractivity contribution in [3.05, 3.63) is 34.4 Å². The molecule has 0 fully saturated rings. The summed E-state index contributed by atoms with van der Waals surface area (Å²) in [6.45, 7) is 2.52. The first-order chi connectivity index (χ1) is 10.5. The van der Waals surface area contributed by atoms with Crippen LogP contribution in [0.25, 0.3) is 0 Å². The normalized spacial score (nSPS) is 11.8. The van der Waals surface area contributed by atoms with Crippen molar-refractivity contribution in [3.63, 3.8) is 0 Å². The summed E-state index contributed by atoms with van der Waals surface area (Å²) in [4.78, 5) is 24.2. The lowest BCUT2D eigenvalue weighted by molar-refractivity contribution is -0.384. The van der Waals surface area contributed by atoms with Gasteiger partial charge in [0.2, 0.25) is 5.91 Å². The van der Waals surface area contributed by atoms with Crippen molar-refractivity contribution < 1.29 is 9.72 Å². The molecule has 7 nitrogen and oxygen atoms in total. The summed E-state index contributed by atoms with van der Waals surface area (Å²) in [7, 11) is 1.66. The number of nitro groups is 1. The van der Waals surface area contributed by atoms with Crippen LogP contribution in [0.1, 0.15) is 26.2 Å². The zero-order valence-corrected chi connectivity index (χ0v) is 13.1. The summed E-state index contributed by atoms with van der Waals surface area (Å²) >= 11 is 0. The Morgan fingerprint density at radius 3 is 2.73 bits per heavy atom. The van der Waals surface area contributed by atoms with E-state index in [-0.39, 0.29) is 24.2 Å². The predicted molar refractivity (Wildman–Crippen MR) is 86.9 cm³/mol. The minimum Gasteiger partial charge on any atom is -0.360 e. The second-order valence-corrected chi connectivity index (χ2v) is 5.24. The molecule has 0 heterocycles. The van der Waals surface area contributed by atoms with Gasteiger partial charge in [0.15, 0.2) is 0 Å². The van der Waals surface area contributed by atoms with Crippen molar-refractivity contribution in [3.8, 4) is 0 Å². The number of nitrogens with one attached hydrogen (secondary N) is 1. The number of carbonyl (C=O) groups is 1. The van der Waals surface area contributed by atoms with Crippen LogP contribution in [0.5, 0.6) is 0 Å². The van der Waals surface area contributed by atoms with Gasteiger partial charge in [0.1, 0.15) is 5.69 Å². The SMILES string of the molecule is CCCCC(CN)NC(=O)CN(C)c1ccccc1[N+](=O)[O-]. The number of hydrogen-bond donors (Lipinski definition) is 2. The fourth-order valence-corrected chi connectivity index (χ4v) is 2.21. The second-order valence-electron chi connectivity index (χ2n) is 5.24. The number of para-hydroxylation sites is 2.